The Labute approximate surface area is 236 Å². The van der Waals surface area contributed by atoms with Gasteiger partial charge in [-0.15, -0.1) is 11.8 Å². The average Bonchev–Trinajstić information content (AvgIpc) is 2.96. The van der Waals surface area contributed by atoms with Crippen LogP contribution in [0.5, 0.6) is 5.75 Å². The Bertz CT molecular complexity index is 1630. The highest BCUT2D eigenvalue weighted by molar-refractivity contribution is 7.98. The van der Waals surface area contributed by atoms with Crippen LogP contribution in [0.2, 0.25) is 0 Å². The number of carbonyl (C=O) groups is 1. The van der Waals surface area contributed by atoms with Crippen molar-refractivity contribution in [3.05, 3.63) is 112 Å². The number of amides is 1. The Morgan fingerprint density at radius 2 is 1.70 bits per heavy atom. The fourth-order valence-electron chi connectivity index (χ4n) is 3.83. The van der Waals surface area contributed by atoms with Gasteiger partial charge in [0.15, 0.2) is 0 Å². The summed E-state index contributed by atoms with van der Waals surface area (Å²) in [6.45, 7) is 1.32. The molecule has 0 aromatic heterocycles. The third kappa shape index (κ3) is 6.99. The molecule has 0 unspecified atom stereocenters. The second kappa shape index (κ2) is 12.7. The summed E-state index contributed by atoms with van der Waals surface area (Å²) in [6, 6.07) is 25.7. The van der Waals surface area contributed by atoms with Gasteiger partial charge in [-0.2, -0.15) is 0 Å². The van der Waals surface area contributed by atoms with E-state index < -0.39 is 14.8 Å². The summed E-state index contributed by atoms with van der Waals surface area (Å²) < 4.78 is 32.2. The fourth-order valence-corrected chi connectivity index (χ4v) is 6.17. The number of anilines is 2. The van der Waals surface area contributed by atoms with E-state index in [1.165, 1.54) is 43.2 Å². The number of nitro benzene ring substituents is 1. The van der Waals surface area contributed by atoms with E-state index in [9.17, 15) is 23.3 Å². The number of nitrogens with zero attached hydrogens (tertiary/aromatic N) is 1. The molecular formula is C29H27N3O6S2. The zero-order valence-corrected chi connectivity index (χ0v) is 23.4. The number of ether oxygens (including phenoxy) is 1. The molecule has 0 fully saturated rings. The van der Waals surface area contributed by atoms with Crippen LogP contribution in [0.25, 0.3) is 0 Å². The molecule has 0 spiro atoms. The molecule has 4 aromatic rings. The molecule has 206 valence electrons. The number of carbonyl (C=O) groups excluding carboxylic acids is 1. The SMILES string of the molecule is COc1ccc(NCC(=O)Nc2ccc(CSc3ccccc3)cc2)c(S(=O)(=O)c2ccc(C)c([N+](=O)[O-])c2)c1. The van der Waals surface area contributed by atoms with Crippen LogP contribution in [0.4, 0.5) is 17.1 Å². The summed E-state index contributed by atoms with van der Waals surface area (Å²) in [4.78, 5) is 24.2. The third-order valence-corrected chi connectivity index (χ3v) is 8.87. The highest BCUT2D eigenvalue weighted by atomic mass is 32.2. The minimum atomic E-state index is -4.19. The molecule has 0 aliphatic carbocycles. The van der Waals surface area contributed by atoms with Crippen LogP contribution in [0.15, 0.2) is 106 Å². The number of nitro groups is 1. The van der Waals surface area contributed by atoms with E-state index in [1.54, 1.807) is 17.8 Å². The lowest BCUT2D eigenvalue weighted by atomic mass is 10.2. The first kappa shape index (κ1) is 28.7. The van der Waals surface area contributed by atoms with Crippen LogP contribution >= 0.6 is 11.8 Å². The predicted octanol–water partition coefficient (Wildman–Crippen LogP) is 6.09. The van der Waals surface area contributed by atoms with Crippen LogP contribution in [-0.2, 0) is 20.4 Å². The number of aryl methyl sites for hydroxylation is 1. The van der Waals surface area contributed by atoms with Gasteiger partial charge >= 0.3 is 0 Å². The Morgan fingerprint density at radius 1 is 0.975 bits per heavy atom. The maximum Gasteiger partial charge on any atom is 0.273 e. The van der Waals surface area contributed by atoms with E-state index in [1.807, 2.05) is 42.5 Å². The summed E-state index contributed by atoms with van der Waals surface area (Å²) in [5.41, 5.74) is 1.91. The molecule has 4 rings (SSSR count). The van der Waals surface area contributed by atoms with Gasteiger partial charge in [0.1, 0.15) is 5.75 Å². The van der Waals surface area contributed by atoms with E-state index >= 15 is 0 Å². The number of rotatable bonds is 11. The lowest BCUT2D eigenvalue weighted by molar-refractivity contribution is -0.385. The Balaban J connectivity index is 1.45. The quantitative estimate of drug-likeness (QED) is 0.125. The van der Waals surface area contributed by atoms with Crippen molar-refractivity contribution in [1.82, 2.24) is 0 Å². The van der Waals surface area contributed by atoms with E-state index in [-0.39, 0.29) is 39.4 Å². The van der Waals surface area contributed by atoms with Crippen molar-refractivity contribution in [2.45, 2.75) is 27.4 Å². The zero-order chi connectivity index (χ0) is 28.7. The van der Waals surface area contributed by atoms with Crippen LogP contribution in [-0.4, -0.2) is 32.9 Å². The Hall–Kier alpha value is -4.35. The van der Waals surface area contributed by atoms with Crippen LogP contribution in [0.1, 0.15) is 11.1 Å². The molecule has 0 bridgehead atoms. The fraction of sp³-hybridized carbons (Fsp3) is 0.138. The van der Waals surface area contributed by atoms with E-state index in [4.69, 9.17) is 4.74 Å². The van der Waals surface area contributed by atoms with Gasteiger partial charge in [-0.3, -0.25) is 14.9 Å². The van der Waals surface area contributed by atoms with Gasteiger partial charge in [0.05, 0.1) is 34.1 Å². The largest absolute Gasteiger partial charge is 0.497 e. The monoisotopic (exact) mass is 577 g/mol. The van der Waals surface area contributed by atoms with Gasteiger partial charge in [0.25, 0.3) is 5.69 Å². The molecular weight excluding hydrogens is 550 g/mol. The first-order valence-electron chi connectivity index (χ1n) is 12.2. The minimum absolute atomic E-state index is 0.160. The van der Waals surface area contributed by atoms with Crippen molar-refractivity contribution in [1.29, 1.82) is 0 Å². The summed E-state index contributed by atoms with van der Waals surface area (Å²) >= 11 is 1.72. The smallest absolute Gasteiger partial charge is 0.273 e. The number of methoxy groups -OCH3 is 1. The lowest BCUT2D eigenvalue weighted by Gasteiger charge is -2.15. The first-order valence-corrected chi connectivity index (χ1v) is 14.6. The van der Waals surface area contributed by atoms with Crippen molar-refractivity contribution in [3.63, 3.8) is 0 Å². The van der Waals surface area contributed by atoms with Gasteiger partial charge < -0.3 is 15.4 Å². The zero-order valence-electron chi connectivity index (χ0n) is 21.8. The molecule has 0 aliphatic heterocycles. The summed E-state index contributed by atoms with van der Waals surface area (Å²) in [7, 11) is -2.80. The molecule has 1 amide bonds. The molecule has 4 aromatic carbocycles. The van der Waals surface area contributed by atoms with Crippen molar-refractivity contribution in [2.24, 2.45) is 0 Å². The normalized spacial score (nSPS) is 11.1. The van der Waals surface area contributed by atoms with E-state index in [0.29, 0.717) is 11.3 Å². The average molecular weight is 578 g/mol. The van der Waals surface area contributed by atoms with Crippen LogP contribution < -0.4 is 15.4 Å². The molecule has 0 saturated carbocycles. The Kier molecular flexibility index (Phi) is 9.08. The second-order valence-corrected chi connectivity index (χ2v) is 11.7. The maximum absolute atomic E-state index is 13.5. The molecule has 0 saturated heterocycles. The number of sulfone groups is 1. The van der Waals surface area contributed by atoms with Crippen molar-refractivity contribution < 1.29 is 22.9 Å². The first-order chi connectivity index (χ1) is 19.2. The molecule has 9 nitrogen and oxygen atoms in total. The van der Waals surface area contributed by atoms with Gasteiger partial charge in [0.2, 0.25) is 15.7 Å². The highest BCUT2D eigenvalue weighted by Gasteiger charge is 2.25. The highest BCUT2D eigenvalue weighted by Crippen LogP contribution is 2.33. The molecule has 0 atom stereocenters. The van der Waals surface area contributed by atoms with Gasteiger partial charge in [-0.05, 0) is 55.0 Å². The van der Waals surface area contributed by atoms with Gasteiger partial charge in [-0.1, -0.05) is 36.4 Å². The van der Waals surface area contributed by atoms with Crippen molar-refractivity contribution >= 4 is 44.6 Å². The maximum atomic E-state index is 13.5. The van der Waals surface area contributed by atoms with E-state index in [0.717, 1.165) is 17.4 Å². The van der Waals surface area contributed by atoms with Crippen LogP contribution in [0, 0.1) is 17.0 Å². The minimum Gasteiger partial charge on any atom is -0.497 e. The second-order valence-electron chi connectivity index (χ2n) is 8.77. The molecule has 0 aliphatic rings. The summed E-state index contributed by atoms with van der Waals surface area (Å²) in [5.74, 6) is 0.691. The van der Waals surface area contributed by atoms with Crippen molar-refractivity contribution in [3.8, 4) is 5.75 Å². The third-order valence-electron chi connectivity index (χ3n) is 5.99. The topological polar surface area (TPSA) is 128 Å². The Morgan fingerprint density at radius 3 is 2.38 bits per heavy atom. The molecule has 0 heterocycles. The number of hydrogen-bond donors (Lipinski definition) is 2. The number of benzene rings is 4. The number of thioether (sulfide) groups is 1. The molecule has 0 radical (unpaired) electrons. The van der Waals surface area contributed by atoms with Crippen LogP contribution in [0.3, 0.4) is 0 Å². The molecule has 2 N–H and O–H groups in total. The van der Waals surface area contributed by atoms with Crippen molar-refractivity contribution in [2.75, 3.05) is 24.3 Å². The van der Waals surface area contributed by atoms with Gasteiger partial charge in [-0.25, -0.2) is 8.42 Å². The lowest BCUT2D eigenvalue weighted by Crippen LogP contribution is -2.22. The summed E-state index contributed by atoms with van der Waals surface area (Å²) in [5, 5.41) is 17.0. The van der Waals surface area contributed by atoms with E-state index in [2.05, 4.69) is 22.8 Å². The standard InChI is InChI=1S/C29H27N3O6S2/c1-20-8-14-25(17-27(20)32(34)35)40(36,37)28-16-23(38-2)13-15-26(28)30-18-29(33)31-22-11-9-21(10-12-22)19-39-24-6-4-3-5-7-24/h3-17,30H,18-19H2,1-2H3,(H,31,33). The van der Waals surface area contributed by atoms with Gasteiger partial charge in [0, 0.05) is 34.0 Å². The molecule has 11 heteroatoms. The summed E-state index contributed by atoms with van der Waals surface area (Å²) in [6.07, 6.45) is 0. The number of nitrogens with one attached hydrogen (secondary N) is 2. The predicted molar refractivity (Wildman–Crippen MR) is 156 cm³/mol. The number of hydrogen-bond acceptors (Lipinski definition) is 8. The molecule has 40 heavy (non-hydrogen) atoms.